The third-order valence-electron chi connectivity index (χ3n) is 6.75. The predicted octanol–water partition coefficient (Wildman–Crippen LogP) is 3.23. The van der Waals surface area contributed by atoms with Crippen molar-refractivity contribution in [3.05, 3.63) is 59.7 Å². The van der Waals surface area contributed by atoms with Gasteiger partial charge in [-0.25, -0.2) is 8.42 Å². The summed E-state index contributed by atoms with van der Waals surface area (Å²) in [5.74, 6) is 0.390. The van der Waals surface area contributed by atoms with Crippen molar-refractivity contribution in [2.24, 2.45) is 4.40 Å². The summed E-state index contributed by atoms with van der Waals surface area (Å²) in [5, 5.41) is 0. The van der Waals surface area contributed by atoms with Crippen molar-refractivity contribution < 1.29 is 16.8 Å². The maximum Gasteiger partial charge on any atom is 0.283 e. The fraction of sp³-hybridized carbons (Fsp3) is 0.480. The van der Waals surface area contributed by atoms with E-state index in [4.69, 9.17) is 0 Å². The van der Waals surface area contributed by atoms with Crippen LogP contribution >= 0.6 is 0 Å². The first-order valence-corrected chi connectivity index (χ1v) is 14.9. The number of benzene rings is 2. The van der Waals surface area contributed by atoms with Crippen molar-refractivity contribution in [1.29, 1.82) is 0 Å². The number of aryl methyl sites for hydroxylation is 2. The average molecular weight is 519 g/mol. The van der Waals surface area contributed by atoms with Crippen LogP contribution in [0.5, 0.6) is 0 Å². The summed E-state index contributed by atoms with van der Waals surface area (Å²) < 4.78 is 58.9. The van der Waals surface area contributed by atoms with Crippen LogP contribution in [0.4, 0.5) is 0 Å². The van der Waals surface area contributed by atoms with E-state index in [1.807, 2.05) is 18.7 Å². The molecule has 2 fully saturated rings. The van der Waals surface area contributed by atoms with Gasteiger partial charge < -0.3 is 4.90 Å². The summed E-state index contributed by atoms with van der Waals surface area (Å²) in [6.45, 7) is 8.36. The SMILES string of the molecule is Cc1ccc(S(=O)(=O)N=C(CN2CCCCC2)N2CCN(S(=O)(=O)c3ccc(C)cc3)[C@H]2C)cc1. The largest absolute Gasteiger partial charge is 0.340 e. The zero-order valence-electron chi connectivity index (χ0n) is 20.6. The molecule has 0 amide bonds. The molecule has 10 heteroatoms. The lowest BCUT2D eigenvalue weighted by Crippen LogP contribution is -2.47. The molecule has 1 atom stereocenters. The van der Waals surface area contributed by atoms with Gasteiger partial charge in [-0.15, -0.1) is 4.40 Å². The highest BCUT2D eigenvalue weighted by Gasteiger charge is 2.39. The Labute approximate surface area is 209 Å². The number of hydrogen-bond acceptors (Lipinski definition) is 5. The molecule has 2 aliphatic rings. The summed E-state index contributed by atoms with van der Waals surface area (Å²) in [6, 6.07) is 13.4. The first-order chi connectivity index (χ1) is 16.6. The molecule has 35 heavy (non-hydrogen) atoms. The van der Waals surface area contributed by atoms with Gasteiger partial charge >= 0.3 is 0 Å². The van der Waals surface area contributed by atoms with E-state index in [1.54, 1.807) is 55.5 Å². The molecule has 0 bridgehead atoms. The molecular formula is C25H34N4O4S2. The second-order valence-corrected chi connectivity index (χ2v) is 12.9. The van der Waals surface area contributed by atoms with Crippen LogP contribution in [-0.4, -0.2) is 75.7 Å². The summed E-state index contributed by atoms with van der Waals surface area (Å²) in [4.78, 5) is 4.40. The minimum atomic E-state index is -3.95. The second-order valence-electron chi connectivity index (χ2n) is 9.39. The quantitative estimate of drug-likeness (QED) is 0.431. The summed E-state index contributed by atoms with van der Waals surface area (Å²) in [6.07, 6.45) is 2.72. The van der Waals surface area contributed by atoms with Crippen LogP contribution in [0.2, 0.25) is 0 Å². The van der Waals surface area contributed by atoms with Gasteiger partial charge in [-0.2, -0.15) is 12.7 Å². The molecule has 2 aromatic carbocycles. The first kappa shape index (κ1) is 25.8. The minimum absolute atomic E-state index is 0.134. The van der Waals surface area contributed by atoms with Gasteiger partial charge in [-0.1, -0.05) is 41.8 Å². The van der Waals surface area contributed by atoms with Crippen molar-refractivity contribution in [3.8, 4) is 0 Å². The second kappa shape index (κ2) is 10.4. The number of likely N-dealkylation sites (tertiary alicyclic amines) is 1. The Kier molecular flexibility index (Phi) is 7.65. The minimum Gasteiger partial charge on any atom is -0.340 e. The molecule has 0 aliphatic carbocycles. The van der Waals surface area contributed by atoms with E-state index in [1.165, 1.54) is 4.31 Å². The molecule has 0 saturated carbocycles. The van der Waals surface area contributed by atoms with Crippen LogP contribution in [0.1, 0.15) is 37.3 Å². The van der Waals surface area contributed by atoms with Crippen molar-refractivity contribution in [2.45, 2.75) is 56.0 Å². The van der Waals surface area contributed by atoms with Crippen molar-refractivity contribution in [2.75, 3.05) is 32.7 Å². The Morgan fingerprint density at radius 3 is 1.91 bits per heavy atom. The van der Waals surface area contributed by atoms with Crippen LogP contribution in [0.15, 0.2) is 62.7 Å². The summed E-state index contributed by atoms with van der Waals surface area (Å²) in [5.41, 5.74) is 1.95. The molecule has 2 heterocycles. The summed E-state index contributed by atoms with van der Waals surface area (Å²) >= 11 is 0. The Balaban J connectivity index is 1.66. The topological polar surface area (TPSA) is 90.4 Å². The maximum absolute atomic E-state index is 13.4. The molecule has 0 unspecified atom stereocenters. The van der Waals surface area contributed by atoms with Gasteiger partial charge in [0.15, 0.2) is 0 Å². The molecule has 190 valence electrons. The van der Waals surface area contributed by atoms with E-state index >= 15 is 0 Å². The third kappa shape index (κ3) is 5.77. The number of amidine groups is 1. The number of piperidine rings is 1. The molecule has 2 aromatic rings. The predicted molar refractivity (Wildman–Crippen MR) is 137 cm³/mol. The Morgan fingerprint density at radius 1 is 0.800 bits per heavy atom. The average Bonchev–Trinajstić information content (AvgIpc) is 3.22. The molecular weight excluding hydrogens is 484 g/mol. The highest BCUT2D eigenvalue weighted by molar-refractivity contribution is 7.90. The van der Waals surface area contributed by atoms with E-state index in [2.05, 4.69) is 9.30 Å². The fourth-order valence-electron chi connectivity index (χ4n) is 4.64. The van der Waals surface area contributed by atoms with Gasteiger partial charge in [0.25, 0.3) is 10.0 Å². The lowest BCUT2D eigenvalue weighted by atomic mass is 10.1. The van der Waals surface area contributed by atoms with Crippen molar-refractivity contribution >= 4 is 25.9 Å². The van der Waals surface area contributed by atoms with Crippen LogP contribution in [0.25, 0.3) is 0 Å². The highest BCUT2D eigenvalue weighted by Crippen LogP contribution is 2.26. The van der Waals surface area contributed by atoms with Crippen molar-refractivity contribution in [3.63, 3.8) is 0 Å². The van der Waals surface area contributed by atoms with Gasteiger partial charge in [0, 0.05) is 13.1 Å². The van der Waals surface area contributed by atoms with E-state index in [0.29, 0.717) is 18.9 Å². The van der Waals surface area contributed by atoms with Gasteiger partial charge in [-0.3, -0.25) is 4.90 Å². The molecule has 4 rings (SSSR count). The van der Waals surface area contributed by atoms with Crippen LogP contribution in [0, 0.1) is 13.8 Å². The number of rotatable bonds is 6. The summed E-state index contributed by atoms with van der Waals surface area (Å²) in [7, 11) is -7.68. The Morgan fingerprint density at radius 2 is 1.34 bits per heavy atom. The standard InChI is InChI=1S/C25H34N4O4S2/c1-20-7-11-23(12-8-20)34(30,31)26-25(19-27-15-5-4-6-16-27)28-17-18-29(22(28)3)35(32,33)24-13-9-21(2)10-14-24/h7-14,22H,4-6,15-19H2,1-3H3/t22-/m0/s1. The van der Waals surface area contributed by atoms with Crippen molar-refractivity contribution in [1.82, 2.24) is 14.1 Å². The number of hydrogen-bond donors (Lipinski definition) is 0. The van der Waals surface area contributed by atoms with E-state index in [9.17, 15) is 16.8 Å². The van der Waals surface area contributed by atoms with Gasteiger partial charge in [0.1, 0.15) is 5.84 Å². The normalized spacial score (nSPS) is 20.9. The molecule has 0 spiro atoms. The molecule has 2 aliphatic heterocycles. The van der Waals surface area contributed by atoms with E-state index in [-0.39, 0.29) is 16.3 Å². The van der Waals surface area contributed by atoms with E-state index in [0.717, 1.165) is 43.5 Å². The van der Waals surface area contributed by atoms with Crippen LogP contribution < -0.4 is 0 Å². The first-order valence-electron chi connectivity index (χ1n) is 12.1. The monoisotopic (exact) mass is 518 g/mol. The smallest absolute Gasteiger partial charge is 0.283 e. The van der Waals surface area contributed by atoms with Gasteiger partial charge in [-0.05, 0) is 71.0 Å². The van der Waals surface area contributed by atoms with Crippen LogP contribution in [-0.2, 0) is 20.0 Å². The molecule has 0 radical (unpaired) electrons. The molecule has 0 aromatic heterocycles. The van der Waals surface area contributed by atoms with E-state index < -0.39 is 26.2 Å². The van der Waals surface area contributed by atoms with Gasteiger partial charge in [0.2, 0.25) is 10.0 Å². The fourth-order valence-corrected chi connectivity index (χ4v) is 7.25. The van der Waals surface area contributed by atoms with Gasteiger partial charge in [0.05, 0.1) is 22.5 Å². The Hall–Kier alpha value is -2.27. The third-order valence-corrected chi connectivity index (χ3v) is 10.0. The molecule has 8 nitrogen and oxygen atoms in total. The maximum atomic E-state index is 13.4. The lowest BCUT2D eigenvalue weighted by molar-refractivity contribution is 0.239. The molecule has 0 N–H and O–H groups in total. The van der Waals surface area contributed by atoms with Crippen LogP contribution in [0.3, 0.4) is 0 Å². The molecule has 2 saturated heterocycles. The number of nitrogens with zero attached hydrogens (tertiary/aromatic N) is 4. The Bertz CT molecular complexity index is 1270. The zero-order chi connectivity index (χ0) is 25.2. The zero-order valence-corrected chi connectivity index (χ0v) is 22.2. The highest BCUT2D eigenvalue weighted by atomic mass is 32.2. The lowest BCUT2D eigenvalue weighted by Gasteiger charge is -2.33. The number of sulfonamides is 2.